The fourth-order valence-corrected chi connectivity index (χ4v) is 1.17. The van der Waals surface area contributed by atoms with Gasteiger partial charge in [-0.05, 0) is 37.1 Å². The van der Waals surface area contributed by atoms with Gasteiger partial charge in [0.05, 0.1) is 0 Å². The van der Waals surface area contributed by atoms with Crippen molar-refractivity contribution in [2.24, 2.45) is 0 Å². The van der Waals surface area contributed by atoms with Crippen LogP contribution in [0.2, 0.25) is 0 Å². The van der Waals surface area contributed by atoms with Gasteiger partial charge in [-0.15, -0.1) is 0 Å². The van der Waals surface area contributed by atoms with Crippen LogP contribution in [0.15, 0.2) is 18.2 Å². The summed E-state index contributed by atoms with van der Waals surface area (Å²) in [5.41, 5.74) is 1.34. The second-order valence-corrected chi connectivity index (χ2v) is 3.34. The lowest BCUT2D eigenvalue weighted by Gasteiger charge is -2.08. The van der Waals surface area contributed by atoms with Crippen LogP contribution < -0.4 is 10.6 Å². The van der Waals surface area contributed by atoms with E-state index in [1.54, 1.807) is 13.0 Å². The summed E-state index contributed by atoms with van der Waals surface area (Å²) < 4.78 is 12.8. The molecule has 4 heteroatoms. The third-order valence-electron chi connectivity index (χ3n) is 1.97. The molecule has 3 nitrogen and oxygen atoms in total. The van der Waals surface area contributed by atoms with Crippen molar-refractivity contribution in [2.45, 2.75) is 20.3 Å². The summed E-state index contributed by atoms with van der Waals surface area (Å²) in [5, 5.41) is 5.33. The summed E-state index contributed by atoms with van der Waals surface area (Å²) in [4.78, 5) is 11.3. The molecule has 1 aromatic rings. The molecule has 1 rings (SSSR count). The van der Waals surface area contributed by atoms with E-state index in [0.717, 1.165) is 6.42 Å². The highest BCUT2D eigenvalue weighted by Gasteiger charge is 2.03. The zero-order chi connectivity index (χ0) is 11.3. The van der Waals surface area contributed by atoms with Crippen LogP contribution in [0, 0.1) is 12.7 Å². The summed E-state index contributed by atoms with van der Waals surface area (Å²) in [6, 6.07) is 4.00. The summed E-state index contributed by atoms with van der Waals surface area (Å²) in [5.74, 6) is -0.299. The maximum absolute atomic E-state index is 12.8. The SMILES string of the molecule is CCCNC(=O)Nc1ccc(F)cc1C. The van der Waals surface area contributed by atoms with Crippen molar-refractivity contribution >= 4 is 11.7 Å². The molecule has 0 aliphatic heterocycles. The molecule has 0 atom stereocenters. The third-order valence-corrected chi connectivity index (χ3v) is 1.97. The van der Waals surface area contributed by atoms with Crippen LogP contribution >= 0.6 is 0 Å². The molecule has 0 saturated heterocycles. The number of rotatable bonds is 3. The van der Waals surface area contributed by atoms with Gasteiger partial charge in [-0.1, -0.05) is 6.92 Å². The minimum Gasteiger partial charge on any atom is -0.338 e. The van der Waals surface area contributed by atoms with Gasteiger partial charge in [-0.2, -0.15) is 0 Å². The first-order valence-corrected chi connectivity index (χ1v) is 4.94. The lowest BCUT2D eigenvalue weighted by Crippen LogP contribution is -2.29. The Bertz CT molecular complexity index is 352. The van der Waals surface area contributed by atoms with E-state index in [1.807, 2.05) is 6.92 Å². The number of nitrogens with one attached hydrogen (secondary N) is 2. The number of aryl methyl sites for hydroxylation is 1. The van der Waals surface area contributed by atoms with Crippen molar-refractivity contribution < 1.29 is 9.18 Å². The average molecular weight is 210 g/mol. The van der Waals surface area contributed by atoms with Gasteiger partial charge >= 0.3 is 6.03 Å². The molecule has 0 unspecified atom stereocenters. The van der Waals surface area contributed by atoms with E-state index in [-0.39, 0.29) is 11.8 Å². The van der Waals surface area contributed by atoms with Crippen LogP contribution in [0.25, 0.3) is 0 Å². The lowest BCUT2D eigenvalue weighted by atomic mass is 10.2. The van der Waals surface area contributed by atoms with Crippen molar-refractivity contribution in [1.29, 1.82) is 0 Å². The van der Waals surface area contributed by atoms with Crippen LogP contribution in [0.1, 0.15) is 18.9 Å². The molecular weight excluding hydrogens is 195 g/mol. The van der Waals surface area contributed by atoms with Gasteiger partial charge in [0.2, 0.25) is 0 Å². The highest BCUT2D eigenvalue weighted by atomic mass is 19.1. The minimum atomic E-state index is -0.299. The quantitative estimate of drug-likeness (QED) is 0.791. The van der Waals surface area contributed by atoms with Gasteiger partial charge < -0.3 is 10.6 Å². The largest absolute Gasteiger partial charge is 0.338 e. The topological polar surface area (TPSA) is 41.1 Å². The molecule has 0 aromatic heterocycles. The summed E-state index contributed by atoms with van der Waals surface area (Å²) >= 11 is 0. The fourth-order valence-electron chi connectivity index (χ4n) is 1.17. The van der Waals surface area contributed by atoms with E-state index in [9.17, 15) is 9.18 Å². The number of benzene rings is 1. The lowest BCUT2D eigenvalue weighted by molar-refractivity contribution is 0.252. The zero-order valence-electron chi connectivity index (χ0n) is 8.93. The molecule has 0 heterocycles. The first kappa shape index (κ1) is 11.5. The molecule has 15 heavy (non-hydrogen) atoms. The molecule has 2 amide bonds. The molecule has 0 saturated carbocycles. The number of hydrogen-bond acceptors (Lipinski definition) is 1. The van der Waals surface area contributed by atoms with Crippen molar-refractivity contribution in [3.8, 4) is 0 Å². The van der Waals surface area contributed by atoms with E-state index in [1.165, 1.54) is 12.1 Å². The highest BCUT2D eigenvalue weighted by molar-refractivity contribution is 5.89. The van der Waals surface area contributed by atoms with E-state index < -0.39 is 0 Å². The summed E-state index contributed by atoms with van der Waals surface area (Å²) in [7, 11) is 0. The Balaban J connectivity index is 2.60. The highest BCUT2D eigenvalue weighted by Crippen LogP contribution is 2.15. The number of amides is 2. The van der Waals surface area contributed by atoms with Crippen LogP contribution in [0.3, 0.4) is 0 Å². The van der Waals surface area contributed by atoms with E-state index in [0.29, 0.717) is 17.8 Å². The molecule has 0 spiro atoms. The Hall–Kier alpha value is -1.58. The van der Waals surface area contributed by atoms with Crippen LogP contribution in [-0.2, 0) is 0 Å². The molecule has 82 valence electrons. The van der Waals surface area contributed by atoms with Gasteiger partial charge in [-0.3, -0.25) is 0 Å². The molecule has 0 aliphatic carbocycles. The molecule has 0 bridgehead atoms. The van der Waals surface area contributed by atoms with Gasteiger partial charge in [0.15, 0.2) is 0 Å². The van der Waals surface area contributed by atoms with Crippen LogP contribution in [-0.4, -0.2) is 12.6 Å². The Labute approximate surface area is 88.7 Å². The Morgan fingerprint density at radius 2 is 2.20 bits per heavy atom. The number of hydrogen-bond donors (Lipinski definition) is 2. The monoisotopic (exact) mass is 210 g/mol. The summed E-state index contributed by atoms with van der Waals surface area (Å²) in [6.45, 7) is 4.36. The van der Waals surface area contributed by atoms with Crippen LogP contribution in [0.4, 0.5) is 14.9 Å². The zero-order valence-corrected chi connectivity index (χ0v) is 8.93. The molecular formula is C11H15FN2O. The van der Waals surface area contributed by atoms with Crippen molar-refractivity contribution in [3.05, 3.63) is 29.6 Å². The standard InChI is InChI=1S/C11H15FN2O/c1-3-6-13-11(15)14-10-5-4-9(12)7-8(10)2/h4-5,7H,3,6H2,1-2H3,(H2,13,14,15). The number of carbonyl (C=O) groups excluding carboxylic acids is 1. The summed E-state index contributed by atoms with van der Waals surface area (Å²) in [6.07, 6.45) is 0.885. The molecule has 0 fully saturated rings. The molecule has 0 radical (unpaired) electrons. The second-order valence-electron chi connectivity index (χ2n) is 3.34. The maximum Gasteiger partial charge on any atom is 0.319 e. The van der Waals surface area contributed by atoms with Gasteiger partial charge in [0.1, 0.15) is 5.82 Å². The Kier molecular flexibility index (Phi) is 4.09. The molecule has 1 aromatic carbocycles. The Morgan fingerprint density at radius 3 is 2.80 bits per heavy atom. The van der Waals surface area contributed by atoms with E-state index in [2.05, 4.69) is 10.6 Å². The number of urea groups is 1. The van der Waals surface area contributed by atoms with Gasteiger partial charge in [0, 0.05) is 12.2 Å². The predicted molar refractivity (Wildman–Crippen MR) is 58.4 cm³/mol. The first-order valence-electron chi connectivity index (χ1n) is 4.94. The average Bonchev–Trinajstić information content (AvgIpc) is 2.19. The molecule has 2 N–H and O–H groups in total. The second kappa shape index (κ2) is 5.34. The molecule has 0 aliphatic rings. The minimum absolute atomic E-state index is 0.258. The first-order chi connectivity index (χ1) is 7.13. The smallest absolute Gasteiger partial charge is 0.319 e. The Morgan fingerprint density at radius 1 is 1.47 bits per heavy atom. The number of halogens is 1. The number of carbonyl (C=O) groups is 1. The van der Waals surface area contributed by atoms with E-state index in [4.69, 9.17) is 0 Å². The van der Waals surface area contributed by atoms with Crippen molar-refractivity contribution in [3.63, 3.8) is 0 Å². The van der Waals surface area contributed by atoms with Crippen LogP contribution in [0.5, 0.6) is 0 Å². The predicted octanol–water partition coefficient (Wildman–Crippen LogP) is 2.67. The fraction of sp³-hybridized carbons (Fsp3) is 0.364. The normalized spacial score (nSPS) is 9.80. The van der Waals surface area contributed by atoms with Crippen molar-refractivity contribution in [1.82, 2.24) is 5.32 Å². The number of anilines is 1. The van der Waals surface area contributed by atoms with Gasteiger partial charge in [-0.25, -0.2) is 9.18 Å². The third kappa shape index (κ3) is 3.58. The van der Waals surface area contributed by atoms with Crippen molar-refractivity contribution in [2.75, 3.05) is 11.9 Å². The maximum atomic E-state index is 12.8. The van der Waals surface area contributed by atoms with Gasteiger partial charge in [0.25, 0.3) is 0 Å². The van der Waals surface area contributed by atoms with E-state index >= 15 is 0 Å².